The molecule has 22 heavy (non-hydrogen) atoms. The van der Waals surface area contributed by atoms with Crippen LogP contribution in [0.4, 0.5) is 0 Å². The van der Waals surface area contributed by atoms with Crippen LogP contribution in [0, 0.1) is 0 Å². The number of hydrogen-bond donors (Lipinski definition) is 1. The van der Waals surface area contributed by atoms with Gasteiger partial charge in [-0.15, -0.1) is 0 Å². The molecule has 0 fully saturated rings. The van der Waals surface area contributed by atoms with Gasteiger partial charge in [0.05, 0.1) is 11.8 Å². The number of benzene rings is 1. The highest BCUT2D eigenvalue weighted by atomic mass is 32.2. The maximum absolute atomic E-state index is 12.0. The number of thioether (sulfide) groups is 1. The lowest BCUT2D eigenvalue weighted by molar-refractivity contribution is -0.119. The van der Waals surface area contributed by atoms with Crippen molar-refractivity contribution < 1.29 is 4.79 Å². The van der Waals surface area contributed by atoms with Crippen molar-refractivity contribution in [3.63, 3.8) is 0 Å². The van der Waals surface area contributed by atoms with Crippen LogP contribution in [0.3, 0.4) is 0 Å². The summed E-state index contributed by atoms with van der Waals surface area (Å²) in [7, 11) is 0. The number of carbonyl (C=O) groups excluding carboxylic acids is 1. The number of nitrogens with zero attached hydrogens (tertiary/aromatic N) is 2. The third-order valence-corrected chi connectivity index (χ3v) is 4.19. The molecule has 1 aromatic heterocycles. The number of aromatic nitrogens is 2. The highest BCUT2D eigenvalue weighted by molar-refractivity contribution is 7.99. The van der Waals surface area contributed by atoms with Crippen molar-refractivity contribution in [2.24, 2.45) is 0 Å². The second-order valence-electron chi connectivity index (χ2n) is 4.82. The average molecular weight is 317 g/mol. The maximum Gasteiger partial charge on any atom is 0.273 e. The van der Waals surface area contributed by atoms with Gasteiger partial charge in [-0.1, -0.05) is 42.1 Å². The summed E-state index contributed by atoms with van der Waals surface area (Å²) in [5, 5.41) is 3.51. The number of rotatable bonds is 6. The van der Waals surface area contributed by atoms with Gasteiger partial charge in [-0.3, -0.25) is 9.59 Å². The minimum absolute atomic E-state index is 0.0496. The van der Waals surface area contributed by atoms with Gasteiger partial charge < -0.3 is 9.88 Å². The highest BCUT2D eigenvalue weighted by Gasteiger charge is 2.11. The van der Waals surface area contributed by atoms with E-state index in [2.05, 4.69) is 10.3 Å². The normalized spacial score (nSPS) is 11.9. The summed E-state index contributed by atoms with van der Waals surface area (Å²) >= 11 is 1.27. The second-order valence-corrected chi connectivity index (χ2v) is 5.77. The zero-order valence-corrected chi connectivity index (χ0v) is 13.5. The Morgan fingerprint density at radius 2 is 2.05 bits per heavy atom. The zero-order valence-electron chi connectivity index (χ0n) is 12.7. The Bertz CT molecular complexity index is 685. The molecule has 2 rings (SSSR count). The third-order valence-electron chi connectivity index (χ3n) is 3.20. The molecule has 0 radical (unpaired) electrons. The first kappa shape index (κ1) is 16.3. The van der Waals surface area contributed by atoms with Gasteiger partial charge in [0.1, 0.15) is 0 Å². The molecule has 1 aromatic carbocycles. The maximum atomic E-state index is 12.0. The Kier molecular flexibility index (Phi) is 5.77. The summed E-state index contributed by atoms with van der Waals surface area (Å²) in [5.41, 5.74) is 0.773. The number of amides is 1. The van der Waals surface area contributed by atoms with E-state index in [-0.39, 0.29) is 23.3 Å². The quantitative estimate of drug-likeness (QED) is 0.655. The van der Waals surface area contributed by atoms with E-state index >= 15 is 0 Å². The van der Waals surface area contributed by atoms with Crippen molar-refractivity contribution in [1.82, 2.24) is 14.9 Å². The van der Waals surface area contributed by atoms with Gasteiger partial charge in [0.2, 0.25) is 5.91 Å². The largest absolute Gasteiger partial charge is 0.349 e. The van der Waals surface area contributed by atoms with Crippen LogP contribution in [0.1, 0.15) is 25.5 Å². The smallest absolute Gasteiger partial charge is 0.273 e. The molecule has 0 saturated carbocycles. The first-order chi connectivity index (χ1) is 10.6. The molecule has 1 atom stereocenters. The van der Waals surface area contributed by atoms with Crippen molar-refractivity contribution in [2.75, 3.05) is 5.75 Å². The van der Waals surface area contributed by atoms with Crippen LogP contribution in [0.5, 0.6) is 0 Å². The Labute approximate surface area is 133 Å². The van der Waals surface area contributed by atoms with E-state index in [1.54, 1.807) is 6.20 Å². The van der Waals surface area contributed by atoms with E-state index in [9.17, 15) is 9.59 Å². The molecule has 0 aliphatic heterocycles. The molecule has 116 valence electrons. The molecular weight excluding hydrogens is 298 g/mol. The molecule has 0 spiro atoms. The molecule has 2 aromatic rings. The van der Waals surface area contributed by atoms with Crippen LogP contribution in [0.15, 0.2) is 52.5 Å². The van der Waals surface area contributed by atoms with Gasteiger partial charge in [-0.25, -0.2) is 0 Å². The highest BCUT2D eigenvalue weighted by Crippen LogP contribution is 2.15. The molecule has 0 saturated heterocycles. The van der Waals surface area contributed by atoms with E-state index in [1.165, 1.54) is 17.8 Å². The van der Waals surface area contributed by atoms with Gasteiger partial charge in [0, 0.05) is 18.8 Å². The van der Waals surface area contributed by atoms with Crippen molar-refractivity contribution >= 4 is 17.7 Å². The van der Waals surface area contributed by atoms with Crippen LogP contribution < -0.4 is 10.9 Å². The summed E-state index contributed by atoms with van der Waals surface area (Å²) in [6.07, 6.45) is 1.70. The Morgan fingerprint density at radius 3 is 2.73 bits per heavy atom. The van der Waals surface area contributed by atoms with E-state index in [1.807, 2.05) is 48.7 Å². The molecule has 0 aliphatic rings. The lowest BCUT2D eigenvalue weighted by Gasteiger charge is -2.14. The van der Waals surface area contributed by atoms with E-state index in [0.717, 1.165) is 5.56 Å². The molecule has 5 nitrogen and oxygen atoms in total. The van der Waals surface area contributed by atoms with Crippen LogP contribution in [0.2, 0.25) is 0 Å². The summed E-state index contributed by atoms with van der Waals surface area (Å²) in [4.78, 5) is 27.3. The van der Waals surface area contributed by atoms with Crippen LogP contribution in [-0.4, -0.2) is 21.2 Å². The predicted molar refractivity (Wildman–Crippen MR) is 87.9 cm³/mol. The van der Waals surface area contributed by atoms with Crippen molar-refractivity contribution in [3.05, 3.63) is 58.5 Å². The molecule has 6 heteroatoms. The van der Waals surface area contributed by atoms with Gasteiger partial charge in [-0.2, -0.15) is 4.98 Å². The molecule has 0 unspecified atom stereocenters. The second kappa shape index (κ2) is 7.79. The molecule has 0 aliphatic carbocycles. The van der Waals surface area contributed by atoms with E-state index in [4.69, 9.17) is 0 Å². The Hall–Kier alpha value is -2.08. The first-order valence-corrected chi connectivity index (χ1v) is 8.13. The summed E-state index contributed by atoms with van der Waals surface area (Å²) < 4.78 is 1.85. The van der Waals surface area contributed by atoms with Gasteiger partial charge in [-0.05, 0) is 19.4 Å². The topological polar surface area (TPSA) is 64.0 Å². The number of carbonyl (C=O) groups is 1. The third kappa shape index (κ3) is 4.46. The fourth-order valence-corrected chi connectivity index (χ4v) is 2.86. The lowest BCUT2D eigenvalue weighted by Crippen LogP contribution is -2.28. The van der Waals surface area contributed by atoms with Crippen molar-refractivity contribution in [3.8, 4) is 0 Å². The number of aryl methyl sites for hydroxylation is 1. The minimum Gasteiger partial charge on any atom is -0.349 e. The first-order valence-electron chi connectivity index (χ1n) is 7.14. The Morgan fingerprint density at radius 1 is 1.32 bits per heavy atom. The van der Waals surface area contributed by atoms with Crippen LogP contribution in [0.25, 0.3) is 0 Å². The molecule has 1 N–H and O–H groups in total. The summed E-state index contributed by atoms with van der Waals surface area (Å²) in [6, 6.07) is 11.2. The predicted octanol–water partition coefficient (Wildman–Crippen LogP) is 2.23. The molecule has 0 bridgehead atoms. The van der Waals surface area contributed by atoms with Gasteiger partial charge in [0.15, 0.2) is 5.16 Å². The van der Waals surface area contributed by atoms with Gasteiger partial charge >= 0.3 is 0 Å². The lowest BCUT2D eigenvalue weighted by atomic mass is 10.1. The zero-order chi connectivity index (χ0) is 15.9. The van der Waals surface area contributed by atoms with Crippen LogP contribution in [-0.2, 0) is 11.3 Å². The number of nitrogens with one attached hydrogen (secondary N) is 1. The standard InChI is InChI=1S/C16H19N3O2S/c1-3-19-10-9-14(20)18-16(19)22-11-15(21)17-12(2)13-7-5-4-6-8-13/h4-10,12H,3,11H2,1-2H3,(H,17,21)/t12-/m0/s1. The summed E-state index contributed by atoms with van der Waals surface area (Å²) in [5.74, 6) is 0.148. The average Bonchev–Trinajstić information content (AvgIpc) is 2.54. The molecule has 1 heterocycles. The summed E-state index contributed by atoms with van der Waals surface area (Å²) in [6.45, 7) is 4.62. The monoisotopic (exact) mass is 317 g/mol. The molecule has 1 amide bonds. The minimum atomic E-state index is -0.287. The van der Waals surface area contributed by atoms with Crippen LogP contribution >= 0.6 is 11.8 Å². The fraction of sp³-hybridized carbons (Fsp3) is 0.312. The number of hydrogen-bond acceptors (Lipinski definition) is 4. The van der Waals surface area contributed by atoms with Crippen molar-refractivity contribution in [2.45, 2.75) is 31.6 Å². The fourth-order valence-electron chi connectivity index (χ4n) is 2.01. The van der Waals surface area contributed by atoms with Gasteiger partial charge in [0.25, 0.3) is 5.56 Å². The van der Waals surface area contributed by atoms with E-state index in [0.29, 0.717) is 11.7 Å². The SMILES string of the molecule is CCn1ccc(=O)nc1SCC(=O)N[C@@H](C)c1ccccc1. The Balaban J connectivity index is 1.93. The van der Waals surface area contributed by atoms with E-state index < -0.39 is 0 Å². The molecular formula is C16H19N3O2S. The van der Waals surface area contributed by atoms with Crippen molar-refractivity contribution in [1.29, 1.82) is 0 Å².